The number of hydrogen-bond acceptors (Lipinski definition) is 2. The van der Waals surface area contributed by atoms with Crippen LogP contribution in [0.2, 0.25) is 0 Å². The van der Waals surface area contributed by atoms with E-state index in [-0.39, 0.29) is 5.91 Å². The van der Waals surface area contributed by atoms with Crippen molar-refractivity contribution >= 4 is 5.91 Å². The van der Waals surface area contributed by atoms with Gasteiger partial charge in [-0.15, -0.1) is 0 Å². The molecule has 2 N–H and O–H groups in total. The molecule has 0 heterocycles. The maximum Gasteiger partial charge on any atom is 0.224 e. The fourth-order valence-electron chi connectivity index (χ4n) is 2.48. The molecule has 98 valence electrons. The average Bonchev–Trinajstić information content (AvgIpc) is 2.82. The Labute approximate surface area is 109 Å². The third-order valence-corrected chi connectivity index (χ3v) is 3.45. The zero-order valence-electron chi connectivity index (χ0n) is 11.1. The van der Waals surface area contributed by atoms with Crippen molar-refractivity contribution in [3.8, 4) is 0 Å². The fourth-order valence-corrected chi connectivity index (χ4v) is 2.48. The standard InChI is InChI=1S/C15H22N2O/c1-16-8-3-9-17-15(18)11-12-6-7-13-4-2-5-14(13)10-12/h6-7,10,16H,2-5,8-9,11H2,1H3,(H,17,18). The lowest BCUT2D eigenvalue weighted by Crippen LogP contribution is -2.27. The van der Waals surface area contributed by atoms with Crippen LogP contribution in [-0.2, 0) is 24.1 Å². The van der Waals surface area contributed by atoms with Crippen LogP contribution in [0.3, 0.4) is 0 Å². The Morgan fingerprint density at radius 3 is 2.89 bits per heavy atom. The van der Waals surface area contributed by atoms with Crippen LogP contribution in [0.1, 0.15) is 29.5 Å². The quantitative estimate of drug-likeness (QED) is 0.746. The molecular formula is C15H22N2O. The molecule has 2 rings (SSSR count). The second-order valence-electron chi connectivity index (χ2n) is 4.94. The molecule has 1 aromatic carbocycles. The molecule has 0 saturated heterocycles. The first-order chi connectivity index (χ1) is 8.79. The normalized spacial score (nSPS) is 13.4. The van der Waals surface area contributed by atoms with Crippen LogP contribution in [0.15, 0.2) is 18.2 Å². The highest BCUT2D eigenvalue weighted by atomic mass is 16.1. The largest absolute Gasteiger partial charge is 0.356 e. The molecule has 1 aliphatic rings. The number of nitrogens with one attached hydrogen (secondary N) is 2. The third kappa shape index (κ3) is 3.57. The summed E-state index contributed by atoms with van der Waals surface area (Å²) in [5.41, 5.74) is 4.05. The van der Waals surface area contributed by atoms with Crippen molar-refractivity contribution < 1.29 is 4.79 Å². The lowest BCUT2D eigenvalue weighted by molar-refractivity contribution is -0.120. The van der Waals surface area contributed by atoms with Gasteiger partial charge in [-0.25, -0.2) is 0 Å². The molecule has 3 heteroatoms. The SMILES string of the molecule is CNCCCNC(=O)Cc1ccc2c(c1)CCC2. The van der Waals surface area contributed by atoms with Gasteiger partial charge in [-0.1, -0.05) is 18.2 Å². The van der Waals surface area contributed by atoms with E-state index in [1.54, 1.807) is 0 Å². The smallest absolute Gasteiger partial charge is 0.224 e. The minimum absolute atomic E-state index is 0.129. The Bertz CT molecular complexity index is 415. The van der Waals surface area contributed by atoms with Gasteiger partial charge < -0.3 is 10.6 Å². The van der Waals surface area contributed by atoms with E-state index >= 15 is 0 Å². The lowest BCUT2D eigenvalue weighted by atomic mass is 10.0. The van der Waals surface area contributed by atoms with Crippen molar-refractivity contribution in [2.75, 3.05) is 20.1 Å². The molecule has 0 unspecified atom stereocenters. The van der Waals surface area contributed by atoms with E-state index in [2.05, 4.69) is 28.8 Å². The highest BCUT2D eigenvalue weighted by Gasteiger charge is 2.11. The van der Waals surface area contributed by atoms with E-state index in [0.717, 1.165) is 25.1 Å². The molecule has 1 aromatic rings. The Morgan fingerprint density at radius 2 is 2.06 bits per heavy atom. The first kappa shape index (κ1) is 13.1. The van der Waals surface area contributed by atoms with Gasteiger partial charge in [0.2, 0.25) is 5.91 Å². The van der Waals surface area contributed by atoms with Crippen LogP contribution < -0.4 is 10.6 Å². The summed E-state index contributed by atoms with van der Waals surface area (Å²) < 4.78 is 0. The summed E-state index contributed by atoms with van der Waals surface area (Å²) in [5, 5.41) is 6.02. The van der Waals surface area contributed by atoms with Gasteiger partial charge in [0.15, 0.2) is 0 Å². The van der Waals surface area contributed by atoms with Crippen LogP contribution in [0, 0.1) is 0 Å². The molecule has 0 fully saturated rings. The van der Waals surface area contributed by atoms with E-state index in [0.29, 0.717) is 6.42 Å². The van der Waals surface area contributed by atoms with Crippen molar-refractivity contribution in [1.82, 2.24) is 10.6 Å². The Morgan fingerprint density at radius 1 is 1.22 bits per heavy atom. The molecule has 0 aliphatic heterocycles. The number of aryl methyl sites for hydroxylation is 2. The molecule has 0 aromatic heterocycles. The van der Waals surface area contributed by atoms with Crippen LogP contribution in [0.4, 0.5) is 0 Å². The molecule has 0 spiro atoms. The number of rotatable bonds is 6. The first-order valence-corrected chi connectivity index (χ1v) is 6.81. The first-order valence-electron chi connectivity index (χ1n) is 6.81. The van der Waals surface area contributed by atoms with E-state index < -0.39 is 0 Å². The van der Waals surface area contributed by atoms with Crippen molar-refractivity contribution in [1.29, 1.82) is 0 Å². The van der Waals surface area contributed by atoms with Crippen LogP contribution in [0.25, 0.3) is 0 Å². The van der Waals surface area contributed by atoms with Gasteiger partial charge in [-0.3, -0.25) is 4.79 Å². The number of carbonyl (C=O) groups excluding carboxylic acids is 1. The van der Waals surface area contributed by atoms with E-state index in [1.807, 2.05) is 7.05 Å². The minimum atomic E-state index is 0.129. The second-order valence-corrected chi connectivity index (χ2v) is 4.94. The van der Waals surface area contributed by atoms with Gasteiger partial charge in [0.1, 0.15) is 0 Å². The maximum atomic E-state index is 11.7. The molecular weight excluding hydrogens is 224 g/mol. The third-order valence-electron chi connectivity index (χ3n) is 3.45. The number of hydrogen-bond donors (Lipinski definition) is 2. The van der Waals surface area contributed by atoms with E-state index in [4.69, 9.17) is 0 Å². The summed E-state index contributed by atoms with van der Waals surface area (Å²) in [5.74, 6) is 0.129. The molecule has 1 aliphatic carbocycles. The van der Waals surface area contributed by atoms with E-state index in [9.17, 15) is 4.79 Å². The zero-order chi connectivity index (χ0) is 12.8. The second kappa shape index (κ2) is 6.55. The summed E-state index contributed by atoms with van der Waals surface area (Å²) in [4.78, 5) is 11.7. The van der Waals surface area contributed by atoms with E-state index in [1.165, 1.54) is 30.4 Å². The van der Waals surface area contributed by atoms with Crippen LogP contribution in [-0.4, -0.2) is 26.0 Å². The summed E-state index contributed by atoms with van der Waals surface area (Å²) in [6.45, 7) is 1.70. The topological polar surface area (TPSA) is 41.1 Å². The Balaban J connectivity index is 1.80. The maximum absolute atomic E-state index is 11.7. The van der Waals surface area contributed by atoms with Gasteiger partial charge in [0.25, 0.3) is 0 Å². The molecule has 3 nitrogen and oxygen atoms in total. The highest BCUT2D eigenvalue weighted by molar-refractivity contribution is 5.78. The van der Waals surface area contributed by atoms with Gasteiger partial charge in [0, 0.05) is 6.54 Å². The molecule has 0 saturated carbocycles. The lowest BCUT2D eigenvalue weighted by Gasteiger charge is -2.07. The minimum Gasteiger partial charge on any atom is -0.356 e. The number of benzene rings is 1. The highest BCUT2D eigenvalue weighted by Crippen LogP contribution is 2.22. The summed E-state index contributed by atoms with van der Waals surface area (Å²) in [6, 6.07) is 6.48. The Kier molecular flexibility index (Phi) is 4.76. The predicted octanol–water partition coefficient (Wildman–Crippen LogP) is 1.44. The van der Waals surface area contributed by atoms with Crippen molar-refractivity contribution in [3.63, 3.8) is 0 Å². The van der Waals surface area contributed by atoms with Crippen LogP contribution in [0.5, 0.6) is 0 Å². The number of carbonyl (C=O) groups is 1. The van der Waals surface area contributed by atoms with Gasteiger partial charge in [0.05, 0.1) is 6.42 Å². The number of fused-ring (bicyclic) bond motifs is 1. The summed E-state index contributed by atoms with van der Waals surface area (Å²) in [7, 11) is 1.92. The average molecular weight is 246 g/mol. The number of amides is 1. The predicted molar refractivity (Wildman–Crippen MR) is 73.7 cm³/mol. The molecule has 18 heavy (non-hydrogen) atoms. The fraction of sp³-hybridized carbons (Fsp3) is 0.533. The molecule has 0 bridgehead atoms. The van der Waals surface area contributed by atoms with Gasteiger partial charge >= 0.3 is 0 Å². The van der Waals surface area contributed by atoms with Crippen molar-refractivity contribution in [2.45, 2.75) is 32.1 Å². The van der Waals surface area contributed by atoms with Crippen molar-refractivity contribution in [3.05, 3.63) is 34.9 Å². The molecule has 1 amide bonds. The molecule has 0 atom stereocenters. The summed E-state index contributed by atoms with van der Waals surface area (Å²) in [6.07, 6.45) is 5.12. The Hall–Kier alpha value is -1.35. The van der Waals surface area contributed by atoms with Crippen molar-refractivity contribution in [2.24, 2.45) is 0 Å². The van der Waals surface area contributed by atoms with Crippen LogP contribution >= 0.6 is 0 Å². The molecule has 0 radical (unpaired) electrons. The monoisotopic (exact) mass is 246 g/mol. The summed E-state index contributed by atoms with van der Waals surface area (Å²) >= 11 is 0. The zero-order valence-corrected chi connectivity index (χ0v) is 11.1. The van der Waals surface area contributed by atoms with Gasteiger partial charge in [-0.2, -0.15) is 0 Å². The van der Waals surface area contributed by atoms with Gasteiger partial charge in [-0.05, 0) is 56.0 Å².